The first-order valence-corrected chi connectivity index (χ1v) is 6.60. The van der Waals surface area contributed by atoms with E-state index in [0.717, 1.165) is 16.8 Å². The second-order valence-corrected chi connectivity index (χ2v) is 4.61. The van der Waals surface area contributed by atoms with E-state index in [1.54, 1.807) is 12.4 Å². The van der Waals surface area contributed by atoms with Crippen LogP contribution >= 0.6 is 0 Å². The summed E-state index contributed by atoms with van der Waals surface area (Å²) in [5, 5.41) is 10.2. The topological polar surface area (TPSA) is 47.3 Å². The molecular weight excluding hydrogens is 252 g/mol. The van der Waals surface area contributed by atoms with Crippen LogP contribution in [-0.4, -0.2) is 21.3 Å². The van der Waals surface area contributed by atoms with Crippen LogP contribution in [0.3, 0.4) is 0 Å². The van der Waals surface area contributed by atoms with Crippen molar-refractivity contribution in [2.45, 2.75) is 13.8 Å². The van der Waals surface area contributed by atoms with Crippen molar-refractivity contribution in [1.29, 1.82) is 0 Å². The van der Waals surface area contributed by atoms with Gasteiger partial charge in [0.25, 0.3) is 0 Å². The van der Waals surface area contributed by atoms with Gasteiger partial charge in [-0.15, -0.1) is 0 Å². The van der Waals surface area contributed by atoms with Crippen LogP contribution in [0.25, 0.3) is 16.7 Å². The van der Waals surface area contributed by atoms with Crippen LogP contribution in [0.4, 0.5) is 0 Å². The minimum atomic E-state index is 0.0942. The van der Waals surface area contributed by atoms with E-state index in [0.29, 0.717) is 17.9 Å². The third-order valence-corrected chi connectivity index (χ3v) is 3.33. The van der Waals surface area contributed by atoms with Crippen molar-refractivity contribution in [2.75, 3.05) is 6.61 Å². The fraction of sp³-hybridized carbons (Fsp3) is 0.188. The number of ether oxygens (including phenoxy) is 1. The Balaban J connectivity index is 2.20. The molecule has 0 saturated carbocycles. The van der Waals surface area contributed by atoms with Gasteiger partial charge in [-0.3, -0.25) is 4.57 Å². The Labute approximate surface area is 117 Å². The first kappa shape index (κ1) is 12.5. The maximum absolute atomic E-state index is 10.2. The fourth-order valence-electron chi connectivity index (χ4n) is 2.35. The van der Waals surface area contributed by atoms with Gasteiger partial charge in [-0.2, -0.15) is 0 Å². The molecule has 0 aliphatic heterocycles. The molecule has 1 N–H and O–H groups in total. The number of nitrogens with zero attached hydrogens (tertiary/aromatic N) is 2. The van der Waals surface area contributed by atoms with Crippen molar-refractivity contribution < 1.29 is 9.84 Å². The van der Waals surface area contributed by atoms with E-state index in [4.69, 9.17) is 4.74 Å². The zero-order valence-corrected chi connectivity index (χ0v) is 11.5. The molecule has 0 aliphatic rings. The molecule has 1 aromatic heterocycles. The molecule has 4 nitrogen and oxygen atoms in total. The van der Waals surface area contributed by atoms with Crippen LogP contribution in [-0.2, 0) is 0 Å². The number of para-hydroxylation sites is 1. The molecule has 20 heavy (non-hydrogen) atoms. The van der Waals surface area contributed by atoms with Gasteiger partial charge in [-0.25, -0.2) is 4.98 Å². The van der Waals surface area contributed by atoms with Crippen molar-refractivity contribution in [1.82, 2.24) is 9.55 Å². The Morgan fingerprint density at radius 2 is 2.00 bits per heavy atom. The second-order valence-electron chi connectivity index (χ2n) is 4.61. The van der Waals surface area contributed by atoms with Crippen molar-refractivity contribution in [3.8, 4) is 17.2 Å². The SMILES string of the molecule is CCOc1ccc2c(ncn2-c2ccccc2C)c1O. The van der Waals surface area contributed by atoms with Gasteiger partial charge in [0, 0.05) is 0 Å². The van der Waals surface area contributed by atoms with E-state index in [-0.39, 0.29) is 5.75 Å². The summed E-state index contributed by atoms with van der Waals surface area (Å²) in [6.45, 7) is 4.45. The molecule has 0 unspecified atom stereocenters. The molecule has 4 heteroatoms. The number of phenolic OH excluding ortho intramolecular Hbond substituents is 1. The van der Waals surface area contributed by atoms with Gasteiger partial charge < -0.3 is 9.84 Å². The minimum absolute atomic E-state index is 0.0942. The monoisotopic (exact) mass is 268 g/mol. The molecule has 3 aromatic rings. The number of imidazole rings is 1. The molecule has 0 spiro atoms. The van der Waals surface area contributed by atoms with Crippen molar-refractivity contribution in [3.63, 3.8) is 0 Å². The second kappa shape index (κ2) is 4.89. The normalized spacial score (nSPS) is 10.9. The van der Waals surface area contributed by atoms with E-state index >= 15 is 0 Å². The van der Waals surface area contributed by atoms with Crippen LogP contribution in [0.2, 0.25) is 0 Å². The quantitative estimate of drug-likeness (QED) is 0.791. The van der Waals surface area contributed by atoms with Gasteiger partial charge in [0.05, 0.1) is 17.8 Å². The summed E-state index contributed by atoms with van der Waals surface area (Å²) in [7, 11) is 0. The number of rotatable bonds is 3. The molecule has 0 atom stereocenters. The fourth-order valence-corrected chi connectivity index (χ4v) is 2.35. The van der Waals surface area contributed by atoms with Crippen LogP contribution in [0.5, 0.6) is 11.5 Å². The highest BCUT2D eigenvalue weighted by molar-refractivity contribution is 5.86. The number of fused-ring (bicyclic) bond motifs is 1. The Bertz CT molecular complexity index is 762. The zero-order chi connectivity index (χ0) is 14.1. The third-order valence-electron chi connectivity index (χ3n) is 3.33. The highest BCUT2D eigenvalue weighted by Crippen LogP contribution is 2.34. The lowest BCUT2D eigenvalue weighted by Gasteiger charge is -2.09. The van der Waals surface area contributed by atoms with Gasteiger partial charge in [0.2, 0.25) is 0 Å². The lowest BCUT2D eigenvalue weighted by atomic mass is 10.2. The highest BCUT2D eigenvalue weighted by atomic mass is 16.5. The molecule has 0 saturated heterocycles. The van der Waals surface area contributed by atoms with Crippen LogP contribution < -0.4 is 4.74 Å². The first-order chi connectivity index (χ1) is 9.72. The van der Waals surface area contributed by atoms with E-state index in [1.165, 1.54) is 0 Å². The summed E-state index contributed by atoms with van der Waals surface area (Å²) < 4.78 is 7.36. The number of hydrogen-bond donors (Lipinski definition) is 1. The average Bonchev–Trinajstić information content (AvgIpc) is 2.87. The Morgan fingerprint density at radius 1 is 1.20 bits per heavy atom. The van der Waals surface area contributed by atoms with Crippen LogP contribution in [0.15, 0.2) is 42.7 Å². The number of benzene rings is 2. The number of aromatic nitrogens is 2. The molecule has 0 amide bonds. The average molecular weight is 268 g/mol. The van der Waals surface area contributed by atoms with Crippen LogP contribution in [0.1, 0.15) is 12.5 Å². The van der Waals surface area contributed by atoms with Gasteiger partial charge >= 0.3 is 0 Å². The van der Waals surface area contributed by atoms with Gasteiger partial charge in [0.15, 0.2) is 11.5 Å². The summed E-state index contributed by atoms with van der Waals surface area (Å²) in [5.41, 5.74) is 3.62. The molecule has 2 aromatic carbocycles. The molecular formula is C16H16N2O2. The number of phenols is 1. The number of hydrogen-bond acceptors (Lipinski definition) is 3. The molecule has 3 rings (SSSR count). The molecule has 1 heterocycles. The summed E-state index contributed by atoms with van der Waals surface area (Å²) in [6.07, 6.45) is 1.72. The zero-order valence-electron chi connectivity index (χ0n) is 11.5. The van der Waals surface area contributed by atoms with Gasteiger partial charge in [-0.05, 0) is 37.6 Å². The lowest BCUT2D eigenvalue weighted by molar-refractivity contribution is 0.319. The predicted molar refractivity (Wildman–Crippen MR) is 78.6 cm³/mol. The molecule has 0 fully saturated rings. The molecule has 102 valence electrons. The predicted octanol–water partition coefficient (Wildman–Crippen LogP) is 3.44. The number of aromatic hydroxyl groups is 1. The minimum Gasteiger partial charge on any atom is -0.503 e. The highest BCUT2D eigenvalue weighted by Gasteiger charge is 2.13. The Hall–Kier alpha value is -2.49. The largest absolute Gasteiger partial charge is 0.503 e. The maximum Gasteiger partial charge on any atom is 0.186 e. The van der Waals surface area contributed by atoms with Crippen molar-refractivity contribution >= 4 is 11.0 Å². The number of aryl methyl sites for hydroxylation is 1. The van der Waals surface area contributed by atoms with Crippen molar-refractivity contribution in [3.05, 3.63) is 48.3 Å². The van der Waals surface area contributed by atoms with Crippen LogP contribution in [0, 0.1) is 6.92 Å². The Kier molecular flexibility index (Phi) is 3.06. The summed E-state index contributed by atoms with van der Waals surface area (Å²) >= 11 is 0. The summed E-state index contributed by atoms with van der Waals surface area (Å²) in [4.78, 5) is 4.31. The Morgan fingerprint density at radius 3 is 2.75 bits per heavy atom. The standard InChI is InChI=1S/C16H16N2O2/c1-3-20-14-9-8-13-15(16(14)19)17-10-18(13)12-7-5-4-6-11(12)2/h4-10,19H,3H2,1-2H3. The maximum atomic E-state index is 10.2. The molecule has 0 radical (unpaired) electrons. The summed E-state index contributed by atoms with van der Waals surface area (Å²) in [5.74, 6) is 0.562. The summed E-state index contributed by atoms with van der Waals surface area (Å²) in [6, 6.07) is 11.8. The third kappa shape index (κ3) is 1.90. The smallest absolute Gasteiger partial charge is 0.186 e. The lowest BCUT2D eigenvalue weighted by Crippen LogP contribution is -1.95. The van der Waals surface area contributed by atoms with Gasteiger partial charge in [-0.1, -0.05) is 18.2 Å². The van der Waals surface area contributed by atoms with E-state index in [1.807, 2.05) is 35.8 Å². The van der Waals surface area contributed by atoms with Crippen molar-refractivity contribution in [2.24, 2.45) is 0 Å². The molecule has 0 aliphatic carbocycles. The van der Waals surface area contributed by atoms with E-state index in [9.17, 15) is 5.11 Å². The van der Waals surface area contributed by atoms with E-state index < -0.39 is 0 Å². The van der Waals surface area contributed by atoms with E-state index in [2.05, 4.69) is 18.0 Å². The van der Waals surface area contributed by atoms with Gasteiger partial charge in [0.1, 0.15) is 11.8 Å². The molecule has 0 bridgehead atoms. The first-order valence-electron chi connectivity index (χ1n) is 6.60.